The molecule has 1 saturated heterocycles. The number of quaternary nitrogens is 1. The standard InChI is InChI=1S/C24H31N5O4/c1-29(15-21(30)28-23-26-16-25-17-27-23)13-7-12-20(14-29)33-22(31)24(32,19-10-5-6-11-19)18-8-3-2-4-9-18/h2-4,8-9,16-17,19-20,32H,5-7,10-15H2,1H3/p+1/t20?,24?,29-/m1/s1. The van der Waals surface area contributed by atoms with Crippen LogP contribution in [0.5, 0.6) is 0 Å². The molecule has 0 bridgehead atoms. The average molecular weight is 455 g/mol. The predicted octanol–water partition coefficient (Wildman–Crippen LogP) is 2.04. The van der Waals surface area contributed by atoms with Gasteiger partial charge in [0, 0.05) is 12.3 Å². The molecular weight excluding hydrogens is 422 g/mol. The molecule has 2 heterocycles. The maximum absolute atomic E-state index is 13.4. The lowest BCUT2D eigenvalue weighted by Gasteiger charge is -2.41. The molecular formula is C24H32N5O4+. The van der Waals surface area contributed by atoms with E-state index in [0.29, 0.717) is 23.0 Å². The molecule has 176 valence electrons. The molecule has 3 atom stereocenters. The second-order valence-electron chi connectivity index (χ2n) is 9.48. The van der Waals surface area contributed by atoms with E-state index in [1.807, 2.05) is 25.2 Å². The Bertz CT molecular complexity index is 954. The number of carbonyl (C=O) groups excluding carboxylic acids is 2. The van der Waals surface area contributed by atoms with Crippen LogP contribution in [-0.4, -0.2) is 69.2 Å². The van der Waals surface area contributed by atoms with Gasteiger partial charge in [0.15, 0.2) is 18.2 Å². The quantitative estimate of drug-likeness (QED) is 0.486. The summed E-state index contributed by atoms with van der Waals surface area (Å²) in [5.74, 6) is -0.717. The number of anilines is 1. The maximum atomic E-state index is 13.4. The molecule has 1 aliphatic heterocycles. The predicted molar refractivity (Wildman–Crippen MR) is 121 cm³/mol. The van der Waals surface area contributed by atoms with E-state index in [1.165, 1.54) is 12.7 Å². The van der Waals surface area contributed by atoms with E-state index in [2.05, 4.69) is 20.3 Å². The van der Waals surface area contributed by atoms with E-state index in [1.54, 1.807) is 12.1 Å². The van der Waals surface area contributed by atoms with Crippen LogP contribution in [0.4, 0.5) is 5.95 Å². The maximum Gasteiger partial charge on any atom is 0.343 e. The number of nitrogens with zero attached hydrogens (tertiary/aromatic N) is 4. The van der Waals surface area contributed by atoms with Gasteiger partial charge in [-0.2, -0.15) is 0 Å². The first-order valence-corrected chi connectivity index (χ1v) is 11.6. The number of aromatic nitrogens is 3. The zero-order chi connectivity index (χ0) is 23.3. The van der Waals surface area contributed by atoms with Crippen LogP contribution in [0, 0.1) is 5.92 Å². The lowest BCUT2D eigenvalue weighted by molar-refractivity contribution is -0.909. The van der Waals surface area contributed by atoms with E-state index in [-0.39, 0.29) is 30.4 Å². The Hall–Kier alpha value is -2.91. The van der Waals surface area contributed by atoms with Gasteiger partial charge in [0.25, 0.3) is 5.91 Å². The van der Waals surface area contributed by atoms with Crippen LogP contribution in [0.15, 0.2) is 43.0 Å². The summed E-state index contributed by atoms with van der Waals surface area (Å²) in [7, 11) is 1.98. The van der Waals surface area contributed by atoms with Gasteiger partial charge in [-0.3, -0.25) is 10.1 Å². The number of likely N-dealkylation sites (N-methyl/N-ethyl adjacent to an activating group) is 1. The van der Waals surface area contributed by atoms with Crippen LogP contribution in [0.25, 0.3) is 0 Å². The van der Waals surface area contributed by atoms with Crippen molar-refractivity contribution in [3.63, 3.8) is 0 Å². The summed E-state index contributed by atoms with van der Waals surface area (Å²) in [6, 6.07) is 9.14. The molecule has 2 aromatic rings. The van der Waals surface area contributed by atoms with Crippen LogP contribution in [0.2, 0.25) is 0 Å². The highest BCUT2D eigenvalue weighted by Crippen LogP contribution is 2.42. The topological polar surface area (TPSA) is 114 Å². The van der Waals surface area contributed by atoms with Gasteiger partial charge in [0.05, 0.1) is 13.6 Å². The summed E-state index contributed by atoms with van der Waals surface area (Å²) in [5, 5.41) is 14.3. The van der Waals surface area contributed by atoms with Gasteiger partial charge >= 0.3 is 5.97 Å². The first-order chi connectivity index (χ1) is 15.9. The van der Waals surface area contributed by atoms with Crippen LogP contribution in [-0.2, 0) is 19.9 Å². The molecule has 2 unspecified atom stereocenters. The number of likely N-dealkylation sites (tertiary alicyclic amines) is 1. The minimum atomic E-state index is -1.64. The Balaban J connectivity index is 1.43. The zero-order valence-corrected chi connectivity index (χ0v) is 19.0. The van der Waals surface area contributed by atoms with Gasteiger partial charge in [-0.1, -0.05) is 43.2 Å². The minimum absolute atomic E-state index is 0.150. The van der Waals surface area contributed by atoms with Crippen LogP contribution in [0.3, 0.4) is 0 Å². The summed E-state index contributed by atoms with van der Waals surface area (Å²) < 4.78 is 6.38. The third kappa shape index (κ3) is 5.36. The number of amides is 1. The van der Waals surface area contributed by atoms with Gasteiger partial charge in [0.2, 0.25) is 5.95 Å². The number of rotatable bonds is 7. The summed E-state index contributed by atoms with van der Waals surface area (Å²) >= 11 is 0. The first-order valence-electron chi connectivity index (χ1n) is 11.6. The number of ether oxygens (including phenoxy) is 1. The first kappa shape index (κ1) is 23.3. The molecule has 33 heavy (non-hydrogen) atoms. The third-order valence-electron chi connectivity index (χ3n) is 6.88. The van der Waals surface area contributed by atoms with Crippen molar-refractivity contribution < 1.29 is 23.9 Å². The lowest BCUT2D eigenvalue weighted by Crippen LogP contribution is -2.57. The number of esters is 1. The van der Waals surface area contributed by atoms with Crippen LogP contribution < -0.4 is 5.32 Å². The highest BCUT2D eigenvalue weighted by molar-refractivity contribution is 5.89. The highest BCUT2D eigenvalue weighted by atomic mass is 16.6. The lowest BCUT2D eigenvalue weighted by atomic mass is 9.80. The summed E-state index contributed by atoms with van der Waals surface area (Å²) in [4.78, 5) is 37.6. The molecule has 1 saturated carbocycles. The summed E-state index contributed by atoms with van der Waals surface area (Å²) in [5.41, 5.74) is -1.05. The smallest absolute Gasteiger partial charge is 0.343 e. The Kier molecular flexibility index (Phi) is 6.99. The second-order valence-corrected chi connectivity index (χ2v) is 9.48. The van der Waals surface area contributed by atoms with Crippen molar-refractivity contribution in [2.75, 3.05) is 32.0 Å². The van der Waals surface area contributed by atoms with E-state index < -0.39 is 11.6 Å². The van der Waals surface area contributed by atoms with E-state index >= 15 is 0 Å². The number of carbonyl (C=O) groups is 2. The molecule has 9 heteroatoms. The SMILES string of the molecule is C[N@@+]1(CC(=O)Nc2ncncn2)CCCC(OC(=O)C(O)(c2ccccc2)C2CCCC2)C1. The second kappa shape index (κ2) is 9.93. The Labute approximate surface area is 193 Å². The molecule has 1 aromatic heterocycles. The highest BCUT2D eigenvalue weighted by Gasteiger charge is 2.49. The van der Waals surface area contributed by atoms with Crippen molar-refractivity contribution in [3.05, 3.63) is 48.5 Å². The number of hydrogen-bond acceptors (Lipinski definition) is 7. The Morgan fingerprint density at radius 3 is 2.52 bits per heavy atom. The monoisotopic (exact) mass is 454 g/mol. The van der Waals surface area contributed by atoms with Crippen molar-refractivity contribution in [2.45, 2.75) is 50.2 Å². The van der Waals surface area contributed by atoms with Gasteiger partial charge in [-0.05, 0) is 24.8 Å². The molecule has 2 N–H and O–H groups in total. The number of nitrogens with one attached hydrogen (secondary N) is 1. The van der Waals surface area contributed by atoms with Crippen molar-refractivity contribution in [2.24, 2.45) is 5.92 Å². The fraction of sp³-hybridized carbons (Fsp3) is 0.542. The number of piperidine rings is 1. The Morgan fingerprint density at radius 2 is 1.82 bits per heavy atom. The van der Waals surface area contributed by atoms with Gasteiger partial charge in [0.1, 0.15) is 19.2 Å². The van der Waals surface area contributed by atoms with E-state index in [0.717, 1.165) is 38.6 Å². The fourth-order valence-corrected chi connectivity index (χ4v) is 5.23. The van der Waals surface area contributed by atoms with Gasteiger partial charge in [-0.15, -0.1) is 0 Å². The van der Waals surface area contributed by atoms with Crippen molar-refractivity contribution in [3.8, 4) is 0 Å². The summed E-state index contributed by atoms with van der Waals surface area (Å²) in [6.07, 6.45) is 7.43. The number of aliphatic hydroxyl groups is 1. The molecule has 1 aliphatic carbocycles. The van der Waals surface area contributed by atoms with E-state index in [4.69, 9.17) is 4.74 Å². The molecule has 2 fully saturated rings. The van der Waals surface area contributed by atoms with Crippen molar-refractivity contribution >= 4 is 17.8 Å². The normalized spacial score (nSPS) is 25.2. The number of hydrogen-bond donors (Lipinski definition) is 2. The molecule has 0 spiro atoms. The largest absolute Gasteiger partial charge is 0.454 e. The van der Waals surface area contributed by atoms with Crippen molar-refractivity contribution in [1.82, 2.24) is 15.0 Å². The molecule has 9 nitrogen and oxygen atoms in total. The van der Waals surface area contributed by atoms with Crippen molar-refractivity contribution in [1.29, 1.82) is 0 Å². The Morgan fingerprint density at radius 1 is 1.12 bits per heavy atom. The summed E-state index contributed by atoms with van der Waals surface area (Å²) in [6.45, 7) is 1.52. The van der Waals surface area contributed by atoms with Gasteiger partial charge < -0.3 is 14.3 Å². The van der Waals surface area contributed by atoms with Gasteiger partial charge in [-0.25, -0.2) is 19.7 Å². The minimum Gasteiger partial charge on any atom is -0.454 e. The fourth-order valence-electron chi connectivity index (χ4n) is 5.23. The molecule has 0 radical (unpaired) electrons. The van der Waals surface area contributed by atoms with Crippen LogP contribution in [0.1, 0.15) is 44.1 Å². The average Bonchev–Trinajstić information content (AvgIpc) is 3.35. The van der Waals surface area contributed by atoms with E-state index in [9.17, 15) is 14.7 Å². The molecule has 1 amide bonds. The molecule has 2 aliphatic rings. The third-order valence-corrected chi connectivity index (χ3v) is 6.88. The molecule has 1 aromatic carbocycles. The molecule has 4 rings (SSSR count). The number of benzene rings is 1. The van der Waals surface area contributed by atoms with Crippen LogP contribution >= 0.6 is 0 Å². The zero-order valence-electron chi connectivity index (χ0n) is 19.0.